The first-order valence-electron chi connectivity index (χ1n) is 11.3. The minimum Gasteiger partial charge on any atom is -0.382 e. The molecule has 0 aliphatic carbocycles. The van der Waals surface area contributed by atoms with Crippen molar-refractivity contribution < 1.29 is 4.79 Å². The minimum atomic E-state index is -0.642. The number of nitrogens with one attached hydrogen (secondary N) is 1. The standard InChI is InChI=1S/C26H25N7OS/c1-3-7-21(34)33-16-6-13-26(33,35-2)25-31-22(23-24(27)29-15-17-32(23)25)18-9-11-19(12-10-18)30-20-8-4-5-14-28-20/h4-5,8-12,14-15,17H,6,13,16H2,1-2H3,(H2,27,29)(H,28,30). The third-order valence-corrected chi connectivity index (χ3v) is 7.46. The van der Waals surface area contributed by atoms with E-state index in [0.29, 0.717) is 12.4 Å². The van der Waals surface area contributed by atoms with Crippen molar-refractivity contribution >= 4 is 40.5 Å². The van der Waals surface area contributed by atoms with E-state index >= 15 is 0 Å². The molecule has 1 amide bonds. The van der Waals surface area contributed by atoms with Crippen LogP contribution in [-0.4, -0.2) is 43.0 Å². The van der Waals surface area contributed by atoms with E-state index in [0.717, 1.165) is 46.9 Å². The van der Waals surface area contributed by atoms with Crippen molar-refractivity contribution in [2.45, 2.75) is 24.6 Å². The number of nitrogens with zero attached hydrogens (tertiary/aromatic N) is 5. The number of amides is 1. The Kier molecular flexibility index (Phi) is 6.05. The van der Waals surface area contributed by atoms with E-state index in [1.165, 1.54) is 0 Å². The smallest absolute Gasteiger partial charge is 0.299 e. The molecule has 4 aromatic rings. The summed E-state index contributed by atoms with van der Waals surface area (Å²) in [6.45, 7) is 2.31. The predicted molar refractivity (Wildman–Crippen MR) is 140 cm³/mol. The van der Waals surface area contributed by atoms with Crippen molar-refractivity contribution in [2.75, 3.05) is 23.9 Å². The number of anilines is 3. The van der Waals surface area contributed by atoms with Gasteiger partial charge in [-0.05, 0) is 56.2 Å². The number of imidazole rings is 1. The van der Waals surface area contributed by atoms with Crippen LogP contribution in [0.4, 0.5) is 17.3 Å². The Morgan fingerprint density at radius 1 is 1.17 bits per heavy atom. The molecule has 35 heavy (non-hydrogen) atoms. The molecule has 1 aliphatic heterocycles. The Hall–Kier alpha value is -4.03. The molecule has 1 fully saturated rings. The molecule has 9 heteroatoms. The molecule has 3 N–H and O–H groups in total. The summed E-state index contributed by atoms with van der Waals surface area (Å²) in [5.74, 6) is 7.17. The number of fused-ring (bicyclic) bond motifs is 1. The Bertz CT molecular complexity index is 1440. The molecule has 1 saturated heterocycles. The molecule has 0 saturated carbocycles. The summed E-state index contributed by atoms with van der Waals surface area (Å²) in [7, 11) is 0. The fourth-order valence-electron chi connectivity index (χ4n) is 4.61. The SMILES string of the molecule is CC#CC(=O)N1CCCC1(SC)c1nc(-c2ccc(Nc3ccccn3)cc2)c2c(N)nccn12. The lowest BCUT2D eigenvalue weighted by molar-refractivity contribution is -0.127. The maximum absolute atomic E-state index is 12.9. The lowest BCUT2D eigenvalue weighted by Gasteiger charge is -2.34. The van der Waals surface area contributed by atoms with Gasteiger partial charge in [0.15, 0.2) is 5.82 Å². The number of pyridine rings is 1. The monoisotopic (exact) mass is 483 g/mol. The third kappa shape index (κ3) is 3.96. The highest BCUT2D eigenvalue weighted by Gasteiger charge is 2.48. The zero-order chi connectivity index (χ0) is 24.4. The van der Waals surface area contributed by atoms with Crippen molar-refractivity contribution in [1.29, 1.82) is 0 Å². The zero-order valence-corrected chi connectivity index (χ0v) is 20.3. The molecule has 5 rings (SSSR count). The van der Waals surface area contributed by atoms with Gasteiger partial charge in [-0.15, -0.1) is 11.8 Å². The van der Waals surface area contributed by atoms with Crippen LogP contribution in [0.5, 0.6) is 0 Å². The number of rotatable bonds is 5. The zero-order valence-electron chi connectivity index (χ0n) is 19.5. The molecule has 1 atom stereocenters. The number of hydrogen-bond donors (Lipinski definition) is 2. The topological polar surface area (TPSA) is 101 Å². The number of hydrogen-bond acceptors (Lipinski definition) is 7. The van der Waals surface area contributed by atoms with Crippen LogP contribution >= 0.6 is 11.8 Å². The van der Waals surface area contributed by atoms with Gasteiger partial charge in [-0.3, -0.25) is 9.20 Å². The Labute approximate surface area is 208 Å². The second kappa shape index (κ2) is 9.31. The van der Waals surface area contributed by atoms with Gasteiger partial charge in [0.25, 0.3) is 5.91 Å². The number of aromatic nitrogens is 4. The Morgan fingerprint density at radius 2 is 2.00 bits per heavy atom. The number of benzene rings is 1. The highest BCUT2D eigenvalue weighted by atomic mass is 32.2. The number of carbonyl (C=O) groups excluding carboxylic acids is 1. The molecule has 4 heterocycles. The summed E-state index contributed by atoms with van der Waals surface area (Å²) in [5, 5.41) is 3.29. The number of thioether (sulfide) groups is 1. The quantitative estimate of drug-likeness (QED) is 0.409. The van der Waals surface area contributed by atoms with E-state index in [1.807, 2.05) is 64.2 Å². The fourth-order valence-corrected chi connectivity index (χ4v) is 5.67. The van der Waals surface area contributed by atoms with E-state index in [1.54, 1.807) is 31.1 Å². The van der Waals surface area contributed by atoms with Crippen LogP contribution in [0.1, 0.15) is 25.6 Å². The first kappa shape index (κ1) is 22.7. The number of likely N-dealkylation sites (tertiary alicyclic amines) is 1. The molecule has 1 aliphatic rings. The minimum absolute atomic E-state index is 0.190. The number of nitrogens with two attached hydrogens (primary N) is 1. The van der Waals surface area contributed by atoms with Crippen LogP contribution in [0.15, 0.2) is 61.1 Å². The van der Waals surface area contributed by atoms with Gasteiger partial charge < -0.3 is 16.0 Å². The van der Waals surface area contributed by atoms with Crippen molar-refractivity contribution in [3.05, 3.63) is 66.9 Å². The van der Waals surface area contributed by atoms with Crippen molar-refractivity contribution in [3.8, 4) is 23.1 Å². The summed E-state index contributed by atoms with van der Waals surface area (Å²) < 4.78 is 1.97. The summed E-state index contributed by atoms with van der Waals surface area (Å²) in [4.78, 5) is 27.8. The van der Waals surface area contributed by atoms with Crippen LogP contribution in [0.3, 0.4) is 0 Å². The summed E-state index contributed by atoms with van der Waals surface area (Å²) >= 11 is 1.60. The van der Waals surface area contributed by atoms with Crippen molar-refractivity contribution in [2.24, 2.45) is 0 Å². The van der Waals surface area contributed by atoms with E-state index < -0.39 is 4.87 Å². The predicted octanol–water partition coefficient (Wildman–Crippen LogP) is 4.28. The average molecular weight is 484 g/mol. The summed E-state index contributed by atoms with van der Waals surface area (Å²) in [5.41, 5.74) is 9.63. The van der Waals surface area contributed by atoms with Gasteiger partial charge in [-0.1, -0.05) is 24.1 Å². The van der Waals surface area contributed by atoms with E-state index in [2.05, 4.69) is 27.1 Å². The average Bonchev–Trinajstić information content (AvgIpc) is 3.49. The molecule has 0 bridgehead atoms. The molecule has 0 spiro atoms. The molecule has 1 aromatic carbocycles. The van der Waals surface area contributed by atoms with Crippen molar-refractivity contribution in [3.63, 3.8) is 0 Å². The normalized spacial score (nSPS) is 17.3. The Balaban J connectivity index is 1.61. The lowest BCUT2D eigenvalue weighted by Crippen LogP contribution is -2.43. The van der Waals surface area contributed by atoms with Gasteiger partial charge in [0.2, 0.25) is 0 Å². The number of nitrogen functional groups attached to an aromatic ring is 1. The van der Waals surface area contributed by atoms with Crippen LogP contribution < -0.4 is 11.1 Å². The van der Waals surface area contributed by atoms with E-state index in [4.69, 9.17) is 10.7 Å². The van der Waals surface area contributed by atoms with E-state index in [-0.39, 0.29) is 5.91 Å². The molecule has 3 aromatic heterocycles. The molecule has 0 radical (unpaired) electrons. The van der Waals surface area contributed by atoms with Gasteiger partial charge >= 0.3 is 0 Å². The molecule has 8 nitrogen and oxygen atoms in total. The molecular weight excluding hydrogens is 458 g/mol. The third-order valence-electron chi connectivity index (χ3n) is 6.18. The van der Waals surface area contributed by atoms with Crippen LogP contribution in [0.25, 0.3) is 16.8 Å². The fraction of sp³-hybridized carbons (Fsp3) is 0.231. The number of carbonyl (C=O) groups is 1. The maximum atomic E-state index is 12.9. The first-order valence-corrected chi connectivity index (χ1v) is 12.5. The van der Waals surface area contributed by atoms with E-state index in [9.17, 15) is 4.79 Å². The van der Waals surface area contributed by atoms with Gasteiger partial charge in [-0.25, -0.2) is 15.0 Å². The first-order chi connectivity index (χ1) is 17.1. The Morgan fingerprint density at radius 3 is 2.71 bits per heavy atom. The maximum Gasteiger partial charge on any atom is 0.299 e. The highest BCUT2D eigenvalue weighted by Crippen LogP contribution is 2.47. The second-order valence-electron chi connectivity index (χ2n) is 8.16. The lowest BCUT2D eigenvalue weighted by atomic mass is 10.1. The van der Waals surface area contributed by atoms with Gasteiger partial charge in [0.05, 0.1) is 0 Å². The highest BCUT2D eigenvalue weighted by molar-refractivity contribution is 7.99. The van der Waals surface area contributed by atoms with Crippen LogP contribution in [0.2, 0.25) is 0 Å². The second-order valence-corrected chi connectivity index (χ2v) is 9.24. The van der Waals surface area contributed by atoms with Gasteiger partial charge in [0, 0.05) is 36.4 Å². The summed E-state index contributed by atoms with van der Waals surface area (Å²) in [6.07, 6.45) is 8.93. The summed E-state index contributed by atoms with van der Waals surface area (Å²) in [6, 6.07) is 13.7. The van der Waals surface area contributed by atoms with Crippen LogP contribution in [-0.2, 0) is 9.67 Å². The molecule has 176 valence electrons. The van der Waals surface area contributed by atoms with Gasteiger partial charge in [-0.2, -0.15) is 0 Å². The largest absolute Gasteiger partial charge is 0.382 e. The molecule has 1 unspecified atom stereocenters. The van der Waals surface area contributed by atoms with Gasteiger partial charge in [0.1, 0.15) is 27.7 Å². The van der Waals surface area contributed by atoms with Crippen LogP contribution in [0, 0.1) is 11.8 Å². The van der Waals surface area contributed by atoms with Crippen molar-refractivity contribution in [1.82, 2.24) is 24.3 Å². The molecular formula is C26H25N7OS.